The lowest BCUT2D eigenvalue weighted by Gasteiger charge is -2.24. The fraction of sp³-hybridized carbons (Fsp3) is 0.438. The molecule has 1 aliphatic rings. The normalized spacial score (nSPS) is 19.3. The van der Waals surface area contributed by atoms with Gasteiger partial charge in [0.25, 0.3) is 0 Å². The molecule has 0 radical (unpaired) electrons. The van der Waals surface area contributed by atoms with Crippen LogP contribution in [0.25, 0.3) is 0 Å². The smallest absolute Gasteiger partial charge is 0.0950 e. The molecule has 2 aromatic heterocycles. The summed E-state index contributed by atoms with van der Waals surface area (Å²) in [6.07, 6.45) is 8.95. The summed E-state index contributed by atoms with van der Waals surface area (Å²) in [5, 5.41) is 3.65. The Kier molecular flexibility index (Phi) is 3.65. The second kappa shape index (κ2) is 5.57. The Morgan fingerprint density at radius 3 is 3.21 bits per heavy atom. The molecular formula is C16H20N2O. The van der Waals surface area contributed by atoms with Crippen molar-refractivity contribution in [1.29, 1.82) is 0 Å². The molecule has 100 valence electrons. The summed E-state index contributed by atoms with van der Waals surface area (Å²) in [6.45, 7) is 3.22. The molecule has 0 aromatic carbocycles. The van der Waals surface area contributed by atoms with Crippen molar-refractivity contribution in [2.45, 2.75) is 38.1 Å². The Morgan fingerprint density at radius 1 is 1.47 bits per heavy atom. The van der Waals surface area contributed by atoms with E-state index in [1.54, 1.807) is 6.26 Å². The molecule has 3 nitrogen and oxygen atoms in total. The average Bonchev–Trinajstić information content (AvgIpc) is 3.09. The lowest BCUT2D eigenvalue weighted by atomic mass is 9.92. The average molecular weight is 256 g/mol. The van der Waals surface area contributed by atoms with Crippen LogP contribution in [0.15, 0.2) is 41.3 Å². The lowest BCUT2D eigenvalue weighted by Crippen LogP contribution is -2.27. The van der Waals surface area contributed by atoms with Gasteiger partial charge in [0.15, 0.2) is 0 Å². The Balaban J connectivity index is 1.89. The fourth-order valence-corrected chi connectivity index (χ4v) is 3.01. The molecule has 0 saturated heterocycles. The third kappa shape index (κ3) is 2.43. The highest BCUT2D eigenvalue weighted by Crippen LogP contribution is 2.40. The summed E-state index contributed by atoms with van der Waals surface area (Å²) in [5.74, 6) is 0.459. The van der Waals surface area contributed by atoms with E-state index >= 15 is 0 Å². The first-order chi connectivity index (χ1) is 9.40. The van der Waals surface area contributed by atoms with Crippen LogP contribution in [0, 0.1) is 0 Å². The topological polar surface area (TPSA) is 38.1 Å². The molecule has 2 heterocycles. The second-order valence-corrected chi connectivity index (χ2v) is 5.18. The van der Waals surface area contributed by atoms with Gasteiger partial charge in [-0.15, -0.1) is 0 Å². The molecule has 0 amide bonds. The van der Waals surface area contributed by atoms with Crippen molar-refractivity contribution in [1.82, 2.24) is 10.3 Å². The summed E-state index contributed by atoms with van der Waals surface area (Å²) in [4.78, 5) is 4.61. The maximum atomic E-state index is 5.26. The zero-order chi connectivity index (χ0) is 13.1. The molecule has 0 fully saturated rings. The Hall–Kier alpha value is -1.61. The summed E-state index contributed by atoms with van der Waals surface area (Å²) < 4.78 is 5.26. The van der Waals surface area contributed by atoms with Crippen LogP contribution in [-0.2, 0) is 6.42 Å². The minimum atomic E-state index is 0.315. The van der Waals surface area contributed by atoms with E-state index in [2.05, 4.69) is 29.4 Å². The molecule has 0 spiro atoms. The van der Waals surface area contributed by atoms with Crippen LogP contribution in [0.5, 0.6) is 0 Å². The molecule has 19 heavy (non-hydrogen) atoms. The van der Waals surface area contributed by atoms with Gasteiger partial charge in [0.2, 0.25) is 0 Å². The zero-order valence-electron chi connectivity index (χ0n) is 11.3. The van der Waals surface area contributed by atoms with Crippen molar-refractivity contribution in [2.24, 2.45) is 0 Å². The van der Waals surface area contributed by atoms with Gasteiger partial charge in [0.1, 0.15) is 0 Å². The molecule has 0 aliphatic heterocycles. The quantitative estimate of drug-likeness (QED) is 0.890. The first-order valence-electron chi connectivity index (χ1n) is 7.09. The van der Waals surface area contributed by atoms with Gasteiger partial charge in [0, 0.05) is 29.4 Å². The molecular weight excluding hydrogens is 236 g/mol. The van der Waals surface area contributed by atoms with E-state index in [-0.39, 0.29) is 0 Å². The summed E-state index contributed by atoms with van der Waals surface area (Å²) >= 11 is 0. The Morgan fingerprint density at radius 2 is 2.42 bits per heavy atom. The molecule has 0 bridgehead atoms. The minimum absolute atomic E-state index is 0.315. The third-order valence-corrected chi connectivity index (χ3v) is 3.92. The summed E-state index contributed by atoms with van der Waals surface area (Å²) in [6, 6.07) is 6.62. The van der Waals surface area contributed by atoms with E-state index in [1.165, 1.54) is 23.2 Å². The number of pyridine rings is 1. The van der Waals surface area contributed by atoms with E-state index in [4.69, 9.17) is 4.42 Å². The van der Waals surface area contributed by atoms with Crippen LogP contribution < -0.4 is 5.32 Å². The van der Waals surface area contributed by atoms with Crippen molar-refractivity contribution in [3.05, 3.63) is 53.7 Å². The van der Waals surface area contributed by atoms with Gasteiger partial charge in [-0.2, -0.15) is 0 Å². The van der Waals surface area contributed by atoms with Crippen LogP contribution in [-0.4, -0.2) is 11.5 Å². The maximum absolute atomic E-state index is 5.26. The molecule has 3 heteroatoms. The molecule has 3 rings (SSSR count). The van der Waals surface area contributed by atoms with Crippen molar-refractivity contribution < 1.29 is 4.42 Å². The van der Waals surface area contributed by atoms with Crippen LogP contribution in [0.2, 0.25) is 0 Å². The van der Waals surface area contributed by atoms with Gasteiger partial charge in [-0.1, -0.05) is 13.0 Å². The first kappa shape index (κ1) is 12.4. The molecule has 2 aromatic rings. The first-order valence-corrected chi connectivity index (χ1v) is 7.09. The SMILES string of the molecule is CCCNC(c1ccoc1)C1CCc2cccnc21. The van der Waals surface area contributed by atoms with Crippen LogP contribution in [0.3, 0.4) is 0 Å². The van der Waals surface area contributed by atoms with Crippen molar-refractivity contribution in [2.75, 3.05) is 6.54 Å². The Labute approximate surface area is 114 Å². The summed E-state index contributed by atoms with van der Waals surface area (Å²) in [5.41, 5.74) is 3.90. The van der Waals surface area contributed by atoms with E-state index in [0.717, 1.165) is 19.4 Å². The number of fused-ring (bicyclic) bond motifs is 1. The molecule has 0 saturated carbocycles. The van der Waals surface area contributed by atoms with Gasteiger partial charge < -0.3 is 9.73 Å². The van der Waals surface area contributed by atoms with Crippen LogP contribution >= 0.6 is 0 Å². The van der Waals surface area contributed by atoms with Crippen molar-refractivity contribution in [3.63, 3.8) is 0 Å². The van der Waals surface area contributed by atoms with Gasteiger partial charge in [-0.25, -0.2) is 0 Å². The van der Waals surface area contributed by atoms with E-state index < -0.39 is 0 Å². The van der Waals surface area contributed by atoms with Gasteiger partial charge in [0.05, 0.1) is 12.5 Å². The highest BCUT2D eigenvalue weighted by Gasteiger charge is 2.31. The maximum Gasteiger partial charge on any atom is 0.0950 e. The van der Waals surface area contributed by atoms with Crippen LogP contribution in [0.1, 0.15) is 48.5 Å². The number of aryl methyl sites for hydroxylation is 1. The minimum Gasteiger partial charge on any atom is -0.472 e. The fourth-order valence-electron chi connectivity index (χ4n) is 3.01. The number of furan rings is 1. The number of rotatable bonds is 5. The number of aromatic nitrogens is 1. The van der Waals surface area contributed by atoms with E-state index in [0.29, 0.717) is 12.0 Å². The second-order valence-electron chi connectivity index (χ2n) is 5.18. The third-order valence-electron chi connectivity index (χ3n) is 3.92. The monoisotopic (exact) mass is 256 g/mol. The lowest BCUT2D eigenvalue weighted by molar-refractivity contribution is 0.432. The van der Waals surface area contributed by atoms with Gasteiger partial charge in [-0.3, -0.25) is 4.98 Å². The molecule has 2 unspecified atom stereocenters. The Bertz CT molecular complexity index is 521. The number of hydrogen-bond acceptors (Lipinski definition) is 3. The summed E-state index contributed by atoms with van der Waals surface area (Å²) in [7, 11) is 0. The number of nitrogens with zero attached hydrogens (tertiary/aromatic N) is 1. The van der Waals surface area contributed by atoms with Crippen molar-refractivity contribution in [3.8, 4) is 0 Å². The number of hydrogen-bond donors (Lipinski definition) is 1. The van der Waals surface area contributed by atoms with E-state index in [1.807, 2.05) is 18.5 Å². The molecule has 1 aliphatic carbocycles. The largest absolute Gasteiger partial charge is 0.472 e. The standard InChI is InChI=1S/C16H20N2O/c1-2-8-17-16(13-7-10-19-11-13)14-6-5-12-4-3-9-18-15(12)14/h3-4,7,9-11,14,16-17H,2,5-6,8H2,1H3. The predicted octanol–water partition coefficient (Wildman–Crippen LogP) is 3.45. The molecule has 2 atom stereocenters. The zero-order valence-corrected chi connectivity index (χ0v) is 11.3. The molecule has 1 N–H and O–H groups in total. The van der Waals surface area contributed by atoms with Gasteiger partial charge >= 0.3 is 0 Å². The predicted molar refractivity (Wildman–Crippen MR) is 75.0 cm³/mol. The number of nitrogens with one attached hydrogen (secondary N) is 1. The highest BCUT2D eigenvalue weighted by molar-refractivity contribution is 5.32. The van der Waals surface area contributed by atoms with E-state index in [9.17, 15) is 0 Å². The van der Waals surface area contributed by atoms with Gasteiger partial charge in [-0.05, 0) is 43.5 Å². The van der Waals surface area contributed by atoms with Crippen LogP contribution in [0.4, 0.5) is 0 Å². The highest BCUT2D eigenvalue weighted by atomic mass is 16.3. The van der Waals surface area contributed by atoms with Crippen molar-refractivity contribution >= 4 is 0 Å².